The SMILES string of the molecule is CC(C)Oc1ccccc1C1=N[C@@H](c2ccc(Cl)cc2)[C@@H](c2ccc(Cl)cc2)N1C(=O)N1CCN(C(C)C)C(=O)C1. The van der Waals surface area contributed by atoms with Gasteiger partial charge in [0, 0.05) is 29.2 Å². The molecule has 0 saturated carbocycles. The summed E-state index contributed by atoms with van der Waals surface area (Å²) in [6.07, 6.45) is -0.0804. The summed E-state index contributed by atoms with van der Waals surface area (Å²) in [5.74, 6) is 1.05. The van der Waals surface area contributed by atoms with Gasteiger partial charge in [0.25, 0.3) is 0 Å². The maximum Gasteiger partial charge on any atom is 0.326 e. The minimum Gasteiger partial charge on any atom is -0.490 e. The van der Waals surface area contributed by atoms with Crippen molar-refractivity contribution < 1.29 is 14.3 Å². The Morgan fingerprint density at radius 3 is 2.07 bits per heavy atom. The molecule has 5 rings (SSSR count). The summed E-state index contributed by atoms with van der Waals surface area (Å²) < 4.78 is 6.17. The van der Waals surface area contributed by atoms with Crippen molar-refractivity contribution in [2.24, 2.45) is 4.99 Å². The van der Waals surface area contributed by atoms with E-state index in [9.17, 15) is 9.59 Å². The molecule has 7 nitrogen and oxygen atoms in total. The lowest BCUT2D eigenvalue weighted by atomic mass is 9.93. The van der Waals surface area contributed by atoms with E-state index in [1.807, 2.05) is 105 Å². The van der Waals surface area contributed by atoms with E-state index in [0.29, 0.717) is 40.3 Å². The minimum absolute atomic E-state index is 0.00385. The Kier molecular flexibility index (Phi) is 8.57. The number of benzene rings is 3. The van der Waals surface area contributed by atoms with Crippen LogP contribution in [0.15, 0.2) is 77.8 Å². The molecule has 1 saturated heterocycles. The summed E-state index contributed by atoms with van der Waals surface area (Å²) in [4.78, 5) is 37.9. The molecule has 0 aliphatic carbocycles. The third-order valence-electron chi connectivity index (χ3n) is 7.34. The van der Waals surface area contributed by atoms with Crippen LogP contribution in [0.2, 0.25) is 10.0 Å². The normalized spacial score (nSPS) is 19.3. The van der Waals surface area contributed by atoms with E-state index in [-0.39, 0.29) is 30.6 Å². The number of halogens is 2. The Labute approximate surface area is 251 Å². The Hall–Kier alpha value is -3.55. The first-order valence-corrected chi connectivity index (χ1v) is 14.6. The molecule has 0 N–H and O–H groups in total. The maximum atomic E-state index is 14.5. The molecule has 0 aromatic heterocycles. The van der Waals surface area contributed by atoms with E-state index >= 15 is 0 Å². The van der Waals surface area contributed by atoms with Crippen molar-refractivity contribution in [3.63, 3.8) is 0 Å². The predicted octanol–water partition coefficient (Wildman–Crippen LogP) is 7.00. The van der Waals surface area contributed by atoms with E-state index in [2.05, 4.69) is 0 Å². The summed E-state index contributed by atoms with van der Waals surface area (Å²) in [5.41, 5.74) is 2.48. The number of rotatable bonds is 6. The van der Waals surface area contributed by atoms with Gasteiger partial charge in [-0.3, -0.25) is 14.7 Å². The van der Waals surface area contributed by atoms with Gasteiger partial charge >= 0.3 is 6.03 Å². The molecular formula is C32H34Cl2N4O3. The van der Waals surface area contributed by atoms with Crippen molar-refractivity contribution in [1.29, 1.82) is 0 Å². The second kappa shape index (κ2) is 12.1. The van der Waals surface area contributed by atoms with E-state index < -0.39 is 12.1 Å². The number of piperazine rings is 1. The monoisotopic (exact) mass is 592 g/mol. The number of carbonyl (C=O) groups excluding carboxylic acids is 2. The largest absolute Gasteiger partial charge is 0.490 e. The first-order valence-electron chi connectivity index (χ1n) is 13.9. The number of hydrogen-bond donors (Lipinski definition) is 0. The molecule has 41 heavy (non-hydrogen) atoms. The molecule has 0 unspecified atom stereocenters. The molecule has 1 fully saturated rings. The minimum atomic E-state index is -0.499. The first kappa shape index (κ1) is 29.0. The smallest absolute Gasteiger partial charge is 0.326 e. The lowest BCUT2D eigenvalue weighted by Crippen LogP contribution is -2.57. The van der Waals surface area contributed by atoms with Crippen molar-refractivity contribution in [2.75, 3.05) is 19.6 Å². The highest BCUT2D eigenvalue weighted by Gasteiger charge is 2.45. The van der Waals surface area contributed by atoms with E-state index in [0.717, 1.165) is 11.1 Å². The zero-order chi connectivity index (χ0) is 29.3. The number of hydrogen-bond acceptors (Lipinski definition) is 4. The third kappa shape index (κ3) is 6.07. The van der Waals surface area contributed by atoms with Crippen LogP contribution in [0, 0.1) is 0 Å². The van der Waals surface area contributed by atoms with Crippen molar-refractivity contribution in [3.8, 4) is 5.75 Å². The average Bonchev–Trinajstić information content (AvgIpc) is 3.33. The van der Waals surface area contributed by atoms with Gasteiger partial charge in [-0.25, -0.2) is 4.79 Å². The Balaban J connectivity index is 1.65. The van der Waals surface area contributed by atoms with Gasteiger partial charge in [0.05, 0.1) is 17.7 Å². The number of amides is 3. The second-order valence-corrected chi connectivity index (χ2v) is 11.7. The molecule has 0 radical (unpaired) electrons. The summed E-state index contributed by atoms with van der Waals surface area (Å²) in [5, 5.41) is 1.21. The number of urea groups is 1. The summed E-state index contributed by atoms with van der Waals surface area (Å²) in [6, 6.07) is 21.5. The van der Waals surface area contributed by atoms with Gasteiger partial charge in [0.1, 0.15) is 24.2 Å². The summed E-state index contributed by atoms with van der Waals surface area (Å²) in [7, 11) is 0. The van der Waals surface area contributed by atoms with Crippen molar-refractivity contribution >= 4 is 41.0 Å². The molecule has 2 aliphatic rings. The van der Waals surface area contributed by atoms with Gasteiger partial charge in [-0.15, -0.1) is 0 Å². The van der Waals surface area contributed by atoms with Crippen LogP contribution in [0.4, 0.5) is 4.79 Å². The molecule has 2 atom stereocenters. The molecule has 214 valence electrons. The van der Waals surface area contributed by atoms with Gasteiger partial charge < -0.3 is 14.5 Å². The molecular weight excluding hydrogens is 559 g/mol. The number of para-hydroxylation sites is 1. The zero-order valence-electron chi connectivity index (χ0n) is 23.6. The van der Waals surface area contributed by atoms with Crippen LogP contribution in [0.25, 0.3) is 0 Å². The molecule has 3 amide bonds. The Morgan fingerprint density at radius 2 is 1.49 bits per heavy atom. The number of ether oxygens (including phenoxy) is 1. The fourth-order valence-corrected chi connectivity index (χ4v) is 5.66. The van der Waals surface area contributed by atoms with Crippen molar-refractivity contribution in [1.82, 2.24) is 14.7 Å². The first-order chi connectivity index (χ1) is 19.6. The summed E-state index contributed by atoms with van der Waals surface area (Å²) in [6.45, 7) is 8.80. The van der Waals surface area contributed by atoms with Crippen LogP contribution in [0.1, 0.15) is 56.5 Å². The maximum absolute atomic E-state index is 14.5. The van der Waals surface area contributed by atoms with Gasteiger partial charge in [0.15, 0.2) is 0 Å². The molecule has 0 spiro atoms. The van der Waals surface area contributed by atoms with Crippen LogP contribution in [0.5, 0.6) is 5.75 Å². The quantitative estimate of drug-likeness (QED) is 0.309. The Bertz CT molecular complexity index is 1440. The molecule has 3 aromatic rings. The molecule has 2 aliphatic heterocycles. The highest BCUT2D eigenvalue weighted by molar-refractivity contribution is 6.30. The van der Waals surface area contributed by atoms with Crippen LogP contribution in [-0.2, 0) is 4.79 Å². The second-order valence-electron chi connectivity index (χ2n) is 10.9. The van der Waals surface area contributed by atoms with Crippen LogP contribution >= 0.6 is 23.2 Å². The van der Waals surface area contributed by atoms with E-state index in [4.69, 9.17) is 32.9 Å². The van der Waals surface area contributed by atoms with Crippen molar-refractivity contribution in [2.45, 2.75) is 51.9 Å². The topological polar surface area (TPSA) is 65.5 Å². The molecule has 9 heteroatoms. The van der Waals surface area contributed by atoms with Gasteiger partial charge in [-0.05, 0) is 75.2 Å². The van der Waals surface area contributed by atoms with Gasteiger partial charge in [-0.1, -0.05) is 59.6 Å². The molecule has 3 aromatic carbocycles. The third-order valence-corrected chi connectivity index (χ3v) is 7.84. The number of aliphatic imine (C=N–C) groups is 1. The molecule has 0 bridgehead atoms. The summed E-state index contributed by atoms with van der Waals surface area (Å²) >= 11 is 12.5. The van der Waals surface area contributed by atoms with E-state index in [1.54, 1.807) is 9.80 Å². The average molecular weight is 594 g/mol. The highest BCUT2D eigenvalue weighted by Crippen LogP contribution is 2.45. The number of amidine groups is 1. The van der Waals surface area contributed by atoms with Crippen LogP contribution < -0.4 is 4.74 Å². The van der Waals surface area contributed by atoms with Crippen LogP contribution in [-0.4, -0.2) is 64.3 Å². The lowest BCUT2D eigenvalue weighted by molar-refractivity contribution is -0.136. The van der Waals surface area contributed by atoms with Gasteiger partial charge in [-0.2, -0.15) is 0 Å². The van der Waals surface area contributed by atoms with Gasteiger partial charge in [0.2, 0.25) is 5.91 Å². The zero-order valence-corrected chi connectivity index (χ0v) is 25.1. The standard InChI is InChI=1S/C32H34Cl2N4O3/c1-20(2)37-18-17-36(19-28(37)39)32(40)38-30(23-11-15-25(34)16-12-23)29(22-9-13-24(33)14-10-22)35-31(38)26-7-5-6-8-27(26)41-21(3)4/h5-16,20-21,29-30H,17-19H2,1-4H3/t29-,30+/m0/s1. The number of carbonyl (C=O) groups is 2. The fraction of sp³-hybridized carbons (Fsp3) is 0.344. The molecule has 2 heterocycles. The van der Waals surface area contributed by atoms with E-state index in [1.165, 1.54) is 0 Å². The number of nitrogens with zero attached hydrogens (tertiary/aromatic N) is 4. The Morgan fingerprint density at radius 1 is 0.878 bits per heavy atom. The fourth-order valence-electron chi connectivity index (χ4n) is 5.41. The predicted molar refractivity (Wildman–Crippen MR) is 163 cm³/mol. The van der Waals surface area contributed by atoms with Crippen molar-refractivity contribution in [3.05, 3.63) is 99.5 Å². The highest BCUT2D eigenvalue weighted by atomic mass is 35.5. The van der Waals surface area contributed by atoms with Crippen LogP contribution in [0.3, 0.4) is 0 Å². The lowest BCUT2D eigenvalue weighted by Gasteiger charge is -2.40.